The van der Waals surface area contributed by atoms with Gasteiger partial charge in [-0.2, -0.15) is 5.26 Å². The second kappa shape index (κ2) is 5.53. The molecule has 0 amide bonds. The molecule has 4 nitrogen and oxygen atoms in total. The van der Waals surface area contributed by atoms with Crippen LogP contribution in [0.1, 0.15) is 18.4 Å². The summed E-state index contributed by atoms with van der Waals surface area (Å²) in [7, 11) is 3.41. The Kier molecular flexibility index (Phi) is 3.56. The van der Waals surface area contributed by atoms with Crippen molar-refractivity contribution in [2.45, 2.75) is 12.8 Å². The second-order valence-corrected chi connectivity index (χ2v) is 5.36. The van der Waals surface area contributed by atoms with Crippen LogP contribution in [0.4, 0.5) is 0 Å². The number of ketones is 1. The lowest BCUT2D eigenvalue weighted by molar-refractivity contribution is -0.118. The number of nitriles is 1. The summed E-state index contributed by atoms with van der Waals surface area (Å²) in [5.41, 5.74) is 4.16. The van der Waals surface area contributed by atoms with Gasteiger partial charge in [0.1, 0.15) is 23.3 Å². The normalized spacial score (nSPS) is 18.0. The minimum absolute atomic E-state index is 0.132. The van der Waals surface area contributed by atoms with E-state index in [1.165, 1.54) is 0 Å². The summed E-state index contributed by atoms with van der Waals surface area (Å²) < 4.78 is 5.47. The van der Waals surface area contributed by atoms with Crippen LogP contribution in [-0.2, 0) is 9.53 Å². The van der Waals surface area contributed by atoms with Gasteiger partial charge in [0.2, 0.25) is 0 Å². The summed E-state index contributed by atoms with van der Waals surface area (Å²) in [5.74, 6) is 0.773. The number of benzene rings is 1. The maximum atomic E-state index is 11.9. The van der Waals surface area contributed by atoms with E-state index in [1.807, 2.05) is 43.6 Å². The fourth-order valence-corrected chi connectivity index (χ4v) is 3.01. The van der Waals surface area contributed by atoms with Crippen LogP contribution in [-0.4, -0.2) is 24.8 Å². The SMILES string of the molecule is COC1=C2C(=CN(C)C(C#N)=C2c2ccccc2)CC(=O)C1. The second-order valence-electron chi connectivity index (χ2n) is 5.36. The van der Waals surface area contributed by atoms with Crippen LogP contribution in [0, 0.1) is 11.3 Å². The maximum absolute atomic E-state index is 11.9. The lowest BCUT2D eigenvalue weighted by Crippen LogP contribution is -2.24. The molecule has 110 valence electrons. The van der Waals surface area contributed by atoms with Gasteiger partial charge in [-0.05, 0) is 11.1 Å². The first-order chi connectivity index (χ1) is 10.7. The first-order valence-corrected chi connectivity index (χ1v) is 7.08. The standard InChI is InChI=1S/C18H16N2O2/c1-20-11-13-8-14(21)9-16(22-2)18(13)17(15(20)10-19)12-6-4-3-5-7-12/h3-7,11H,8-9H2,1-2H3. The Hall–Kier alpha value is -2.80. The van der Waals surface area contributed by atoms with Crippen LogP contribution in [0.25, 0.3) is 5.57 Å². The number of carbonyl (C=O) groups excluding carboxylic acids is 1. The van der Waals surface area contributed by atoms with Crippen molar-refractivity contribution in [2.75, 3.05) is 14.2 Å². The van der Waals surface area contributed by atoms with Crippen LogP contribution in [0.5, 0.6) is 0 Å². The van der Waals surface area contributed by atoms with Gasteiger partial charge in [-0.25, -0.2) is 0 Å². The average Bonchev–Trinajstić information content (AvgIpc) is 2.53. The molecule has 1 aromatic rings. The van der Waals surface area contributed by atoms with E-state index in [1.54, 1.807) is 12.0 Å². The number of hydrogen-bond donors (Lipinski definition) is 0. The molecule has 0 aromatic heterocycles. The molecule has 0 atom stereocenters. The lowest BCUT2D eigenvalue weighted by Gasteiger charge is -2.31. The van der Waals surface area contributed by atoms with Crippen molar-refractivity contribution in [2.24, 2.45) is 0 Å². The Labute approximate surface area is 129 Å². The van der Waals surface area contributed by atoms with Gasteiger partial charge in [-0.15, -0.1) is 0 Å². The van der Waals surface area contributed by atoms with Gasteiger partial charge in [0, 0.05) is 30.8 Å². The monoisotopic (exact) mass is 292 g/mol. The van der Waals surface area contributed by atoms with E-state index in [-0.39, 0.29) is 12.2 Å². The molecule has 1 aliphatic carbocycles. The number of rotatable bonds is 2. The minimum atomic E-state index is 0.132. The first-order valence-electron chi connectivity index (χ1n) is 7.08. The van der Waals surface area contributed by atoms with Crippen molar-refractivity contribution < 1.29 is 9.53 Å². The fraction of sp³-hybridized carbons (Fsp3) is 0.222. The molecule has 22 heavy (non-hydrogen) atoms. The number of allylic oxidation sites excluding steroid dienone is 5. The van der Waals surface area contributed by atoms with Crippen molar-refractivity contribution in [3.8, 4) is 6.07 Å². The summed E-state index contributed by atoms with van der Waals surface area (Å²) in [5, 5.41) is 9.59. The Balaban J connectivity index is 2.30. The molecule has 3 rings (SSSR count). The van der Waals surface area contributed by atoms with Crippen molar-refractivity contribution >= 4 is 11.4 Å². The molecule has 0 N–H and O–H groups in total. The molecule has 0 spiro atoms. The number of hydrogen-bond acceptors (Lipinski definition) is 4. The molecule has 4 heteroatoms. The Morgan fingerprint density at radius 3 is 2.55 bits per heavy atom. The molecule has 0 bridgehead atoms. The van der Waals surface area contributed by atoms with Gasteiger partial charge in [0.05, 0.1) is 13.5 Å². The van der Waals surface area contributed by atoms with E-state index < -0.39 is 0 Å². The van der Waals surface area contributed by atoms with Crippen LogP contribution >= 0.6 is 0 Å². The summed E-state index contributed by atoms with van der Waals surface area (Å²) >= 11 is 0. The summed E-state index contributed by atoms with van der Waals surface area (Å²) in [6.07, 6.45) is 2.51. The summed E-state index contributed by atoms with van der Waals surface area (Å²) in [6, 6.07) is 12.0. The van der Waals surface area contributed by atoms with Crippen molar-refractivity contribution in [3.63, 3.8) is 0 Å². The molecular formula is C18H16N2O2. The molecule has 2 aliphatic rings. The molecule has 1 heterocycles. The molecule has 0 radical (unpaired) electrons. The van der Waals surface area contributed by atoms with E-state index in [0.29, 0.717) is 17.9 Å². The van der Waals surface area contributed by atoms with Crippen molar-refractivity contribution in [1.29, 1.82) is 5.26 Å². The van der Waals surface area contributed by atoms with E-state index in [0.717, 1.165) is 22.3 Å². The van der Waals surface area contributed by atoms with Gasteiger partial charge >= 0.3 is 0 Å². The fourth-order valence-electron chi connectivity index (χ4n) is 3.01. The topological polar surface area (TPSA) is 53.3 Å². The van der Waals surface area contributed by atoms with Gasteiger partial charge in [-0.3, -0.25) is 4.79 Å². The lowest BCUT2D eigenvalue weighted by atomic mass is 9.81. The number of Topliss-reactive ketones (excluding diaryl/α,β-unsaturated/α-hetero) is 1. The number of ether oxygens (including phenoxy) is 1. The highest BCUT2D eigenvalue weighted by Crippen LogP contribution is 2.42. The zero-order chi connectivity index (χ0) is 15.7. The van der Waals surface area contributed by atoms with Gasteiger partial charge < -0.3 is 9.64 Å². The summed E-state index contributed by atoms with van der Waals surface area (Å²) in [4.78, 5) is 13.7. The summed E-state index contributed by atoms with van der Waals surface area (Å²) in [6.45, 7) is 0. The first kappa shape index (κ1) is 14.2. The van der Waals surface area contributed by atoms with E-state index in [4.69, 9.17) is 4.74 Å². The maximum Gasteiger partial charge on any atom is 0.144 e. The molecule has 1 aromatic carbocycles. The van der Waals surface area contributed by atoms with Crippen molar-refractivity contribution in [1.82, 2.24) is 4.90 Å². The van der Waals surface area contributed by atoms with Crippen LogP contribution in [0.2, 0.25) is 0 Å². The van der Waals surface area contributed by atoms with Crippen LogP contribution in [0.15, 0.2) is 59.1 Å². The number of methoxy groups -OCH3 is 1. The minimum Gasteiger partial charge on any atom is -0.500 e. The Morgan fingerprint density at radius 2 is 1.91 bits per heavy atom. The molecule has 0 saturated heterocycles. The van der Waals surface area contributed by atoms with Crippen LogP contribution in [0.3, 0.4) is 0 Å². The predicted molar refractivity (Wildman–Crippen MR) is 83.1 cm³/mol. The van der Waals surface area contributed by atoms with Gasteiger partial charge in [0.15, 0.2) is 0 Å². The van der Waals surface area contributed by atoms with Gasteiger partial charge in [-0.1, -0.05) is 30.3 Å². The molecular weight excluding hydrogens is 276 g/mol. The molecule has 0 saturated carbocycles. The largest absolute Gasteiger partial charge is 0.500 e. The zero-order valence-corrected chi connectivity index (χ0v) is 12.6. The third-order valence-corrected chi connectivity index (χ3v) is 3.95. The van der Waals surface area contributed by atoms with E-state index in [9.17, 15) is 10.1 Å². The number of carbonyl (C=O) groups is 1. The molecule has 0 unspecified atom stereocenters. The zero-order valence-electron chi connectivity index (χ0n) is 12.6. The average molecular weight is 292 g/mol. The third-order valence-electron chi connectivity index (χ3n) is 3.95. The number of fused-ring (bicyclic) bond motifs is 1. The van der Waals surface area contributed by atoms with Gasteiger partial charge in [0.25, 0.3) is 0 Å². The quantitative estimate of drug-likeness (QED) is 0.841. The highest BCUT2D eigenvalue weighted by atomic mass is 16.5. The van der Waals surface area contributed by atoms with Crippen molar-refractivity contribution in [3.05, 3.63) is 64.7 Å². The predicted octanol–water partition coefficient (Wildman–Crippen LogP) is 3.01. The molecule has 0 fully saturated rings. The van der Waals surface area contributed by atoms with Crippen LogP contribution < -0.4 is 0 Å². The number of nitrogens with zero attached hydrogens (tertiary/aromatic N) is 2. The highest BCUT2D eigenvalue weighted by molar-refractivity contribution is 5.96. The van der Waals surface area contributed by atoms with E-state index in [2.05, 4.69) is 6.07 Å². The Morgan fingerprint density at radius 1 is 1.18 bits per heavy atom. The Bertz CT molecular complexity index is 764. The highest BCUT2D eigenvalue weighted by Gasteiger charge is 2.32. The molecule has 1 aliphatic heterocycles. The smallest absolute Gasteiger partial charge is 0.144 e. The van der Waals surface area contributed by atoms with E-state index >= 15 is 0 Å². The third kappa shape index (κ3) is 2.21.